The van der Waals surface area contributed by atoms with Gasteiger partial charge in [0.15, 0.2) is 0 Å². The maximum Gasteiger partial charge on any atom is 0.0944 e. The third-order valence-corrected chi connectivity index (χ3v) is 4.87. The van der Waals surface area contributed by atoms with Crippen LogP contribution in [0.3, 0.4) is 0 Å². The zero-order valence-electron chi connectivity index (χ0n) is 10.2. The molecule has 1 N–H and O–H groups in total. The van der Waals surface area contributed by atoms with Gasteiger partial charge in [-0.3, -0.25) is 0 Å². The van der Waals surface area contributed by atoms with Crippen LogP contribution in [0.2, 0.25) is 0 Å². The van der Waals surface area contributed by atoms with Crippen molar-refractivity contribution in [1.82, 2.24) is 10.3 Å². The normalized spacial score (nSPS) is 18.2. The van der Waals surface area contributed by atoms with Gasteiger partial charge in [-0.05, 0) is 37.4 Å². The summed E-state index contributed by atoms with van der Waals surface area (Å²) in [5.74, 6) is 0. The molecule has 1 heterocycles. The van der Waals surface area contributed by atoms with Gasteiger partial charge in [0, 0.05) is 13.0 Å². The van der Waals surface area contributed by atoms with Crippen LogP contribution in [0.25, 0.3) is 10.2 Å². The van der Waals surface area contributed by atoms with Gasteiger partial charge in [-0.15, -0.1) is 11.3 Å². The predicted molar refractivity (Wildman–Crippen MR) is 73.5 cm³/mol. The Balaban J connectivity index is 1.84. The molecule has 0 unspecified atom stereocenters. The number of nitrogens with zero attached hydrogens (tertiary/aromatic N) is 1. The molecule has 1 aliphatic rings. The van der Waals surface area contributed by atoms with Crippen LogP contribution < -0.4 is 5.32 Å². The lowest BCUT2D eigenvalue weighted by Gasteiger charge is -2.41. The van der Waals surface area contributed by atoms with Crippen LogP contribution in [0, 0.1) is 5.41 Å². The molecule has 3 heteroatoms. The second kappa shape index (κ2) is 4.39. The van der Waals surface area contributed by atoms with Gasteiger partial charge in [-0.25, -0.2) is 4.98 Å². The number of para-hydroxylation sites is 1. The molecule has 0 spiro atoms. The van der Waals surface area contributed by atoms with E-state index in [1.807, 2.05) is 11.3 Å². The average Bonchev–Trinajstić information content (AvgIpc) is 2.68. The van der Waals surface area contributed by atoms with Crippen molar-refractivity contribution in [3.05, 3.63) is 29.3 Å². The zero-order chi connectivity index (χ0) is 11.7. The van der Waals surface area contributed by atoms with E-state index in [0.717, 1.165) is 18.5 Å². The second-order valence-corrected chi connectivity index (χ2v) is 6.25. The smallest absolute Gasteiger partial charge is 0.0944 e. The maximum atomic E-state index is 4.75. The van der Waals surface area contributed by atoms with Gasteiger partial charge in [0.25, 0.3) is 0 Å². The van der Waals surface area contributed by atoms with Crippen molar-refractivity contribution in [2.24, 2.45) is 5.41 Å². The van der Waals surface area contributed by atoms with E-state index in [1.165, 1.54) is 29.0 Å². The third-order valence-electron chi connectivity index (χ3n) is 3.83. The van der Waals surface area contributed by atoms with E-state index in [4.69, 9.17) is 4.98 Å². The van der Waals surface area contributed by atoms with E-state index in [-0.39, 0.29) is 0 Å². The highest BCUT2D eigenvalue weighted by molar-refractivity contribution is 7.18. The van der Waals surface area contributed by atoms with Crippen molar-refractivity contribution in [2.75, 3.05) is 13.6 Å². The standard InChI is InChI=1S/C14H18N2S/c1-15-10-14(7-4-8-14)9-13-16-11-5-2-3-6-12(11)17-13/h2-3,5-6,15H,4,7-10H2,1H3. The number of nitrogens with one attached hydrogen (secondary N) is 1. The average molecular weight is 246 g/mol. The quantitative estimate of drug-likeness (QED) is 0.896. The molecule has 17 heavy (non-hydrogen) atoms. The Morgan fingerprint density at radius 3 is 2.82 bits per heavy atom. The van der Waals surface area contributed by atoms with E-state index >= 15 is 0 Å². The second-order valence-electron chi connectivity index (χ2n) is 5.14. The van der Waals surface area contributed by atoms with Gasteiger partial charge in [0.05, 0.1) is 15.2 Å². The van der Waals surface area contributed by atoms with Crippen LogP contribution in [-0.4, -0.2) is 18.6 Å². The van der Waals surface area contributed by atoms with Gasteiger partial charge in [0.2, 0.25) is 0 Å². The van der Waals surface area contributed by atoms with Crippen molar-refractivity contribution in [1.29, 1.82) is 0 Å². The molecule has 3 rings (SSSR count). The van der Waals surface area contributed by atoms with Crippen molar-refractivity contribution in [2.45, 2.75) is 25.7 Å². The van der Waals surface area contributed by atoms with Crippen LogP contribution in [0.5, 0.6) is 0 Å². The molecule has 1 aromatic heterocycles. The molecule has 2 aromatic rings. The first-order valence-electron chi connectivity index (χ1n) is 6.30. The summed E-state index contributed by atoms with van der Waals surface area (Å²) in [6.07, 6.45) is 5.23. The van der Waals surface area contributed by atoms with E-state index in [2.05, 4.69) is 36.6 Å². The number of rotatable bonds is 4. The minimum atomic E-state index is 0.489. The molecular weight excluding hydrogens is 228 g/mol. The minimum absolute atomic E-state index is 0.489. The summed E-state index contributed by atoms with van der Waals surface area (Å²) in [5, 5.41) is 4.65. The molecule has 1 aliphatic carbocycles. The summed E-state index contributed by atoms with van der Waals surface area (Å²) < 4.78 is 1.32. The summed E-state index contributed by atoms with van der Waals surface area (Å²) >= 11 is 1.86. The maximum absolute atomic E-state index is 4.75. The molecule has 0 aliphatic heterocycles. The fourth-order valence-corrected chi connectivity index (χ4v) is 3.93. The first-order valence-corrected chi connectivity index (χ1v) is 7.12. The van der Waals surface area contributed by atoms with Crippen LogP contribution in [0.4, 0.5) is 0 Å². The largest absolute Gasteiger partial charge is 0.319 e. The Kier molecular flexibility index (Phi) is 2.89. The Morgan fingerprint density at radius 1 is 1.35 bits per heavy atom. The molecule has 90 valence electrons. The molecule has 0 bridgehead atoms. The van der Waals surface area contributed by atoms with Gasteiger partial charge in [-0.2, -0.15) is 0 Å². The molecule has 0 atom stereocenters. The van der Waals surface area contributed by atoms with Crippen molar-refractivity contribution >= 4 is 21.6 Å². The Morgan fingerprint density at radius 2 is 2.18 bits per heavy atom. The van der Waals surface area contributed by atoms with Crippen LogP contribution in [-0.2, 0) is 6.42 Å². The lowest BCUT2D eigenvalue weighted by molar-refractivity contribution is 0.133. The van der Waals surface area contributed by atoms with E-state index in [1.54, 1.807) is 0 Å². The Hall–Kier alpha value is -0.930. The molecule has 0 radical (unpaired) electrons. The van der Waals surface area contributed by atoms with Gasteiger partial charge in [0.1, 0.15) is 0 Å². The monoisotopic (exact) mass is 246 g/mol. The number of thiazole rings is 1. The predicted octanol–water partition coefficient (Wildman–Crippen LogP) is 3.23. The molecule has 0 saturated heterocycles. The number of aromatic nitrogens is 1. The summed E-state index contributed by atoms with van der Waals surface area (Å²) in [4.78, 5) is 4.75. The van der Waals surface area contributed by atoms with Gasteiger partial charge in [-0.1, -0.05) is 18.6 Å². The van der Waals surface area contributed by atoms with Crippen molar-refractivity contribution in [3.8, 4) is 0 Å². The summed E-state index contributed by atoms with van der Waals surface area (Å²) in [5.41, 5.74) is 1.65. The zero-order valence-corrected chi connectivity index (χ0v) is 11.0. The fourth-order valence-electron chi connectivity index (χ4n) is 2.78. The van der Waals surface area contributed by atoms with Gasteiger partial charge < -0.3 is 5.32 Å². The highest BCUT2D eigenvalue weighted by Gasteiger charge is 2.37. The third kappa shape index (κ3) is 2.09. The highest BCUT2D eigenvalue weighted by Crippen LogP contribution is 2.44. The summed E-state index contributed by atoms with van der Waals surface area (Å²) in [6, 6.07) is 8.44. The summed E-state index contributed by atoms with van der Waals surface area (Å²) in [7, 11) is 2.05. The van der Waals surface area contributed by atoms with Crippen molar-refractivity contribution in [3.63, 3.8) is 0 Å². The molecule has 0 amide bonds. The molecular formula is C14H18N2S. The minimum Gasteiger partial charge on any atom is -0.319 e. The molecule has 1 saturated carbocycles. The molecule has 1 fully saturated rings. The topological polar surface area (TPSA) is 24.9 Å². The fraction of sp³-hybridized carbons (Fsp3) is 0.500. The number of fused-ring (bicyclic) bond motifs is 1. The summed E-state index contributed by atoms with van der Waals surface area (Å²) in [6.45, 7) is 1.13. The number of benzene rings is 1. The first-order chi connectivity index (χ1) is 8.31. The number of hydrogen-bond donors (Lipinski definition) is 1. The molecule has 2 nitrogen and oxygen atoms in total. The van der Waals surface area contributed by atoms with Crippen molar-refractivity contribution < 1.29 is 0 Å². The van der Waals surface area contributed by atoms with E-state index in [0.29, 0.717) is 5.41 Å². The number of hydrogen-bond acceptors (Lipinski definition) is 3. The Labute approximate surface area is 106 Å². The SMILES string of the molecule is CNCC1(Cc2nc3ccccc3s2)CCC1. The molecule has 1 aromatic carbocycles. The van der Waals surface area contributed by atoms with Gasteiger partial charge >= 0.3 is 0 Å². The highest BCUT2D eigenvalue weighted by atomic mass is 32.1. The first kappa shape index (κ1) is 11.2. The van der Waals surface area contributed by atoms with Crippen LogP contribution >= 0.6 is 11.3 Å². The lowest BCUT2D eigenvalue weighted by Crippen LogP contribution is -2.40. The lowest BCUT2D eigenvalue weighted by atomic mass is 9.67. The Bertz CT molecular complexity index is 481. The van der Waals surface area contributed by atoms with E-state index < -0.39 is 0 Å². The van der Waals surface area contributed by atoms with Crippen LogP contribution in [0.1, 0.15) is 24.3 Å². The van der Waals surface area contributed by atoms with E-state index in [9.17, 15) is 0 Å². The van der Waals surface area contributed by atoms with Crippen LogP contribution in [0.15, 0.2) is 24.3 Å².